The minimum absolute atomic E-state index is 0.0938. The van der Waals surface area contributed by atoms with Crippen molar-refractivity contribution in [2.45, 2.75) is 52.5 Å². The maximum atomic E-state index is 12.0. The fourth-order valence-electron chi connectivity index (χ4n) is 2.49. The molecule has 1 unspecified atom stereocenters. The van der Waals surface area contributed by atoms with Crippen molar-refractivity contribution in [1.29, 1.82) is 0 Å². The molecular formula is C13H24N2O3. The van der Waals surface area contributed by atoms with Crippen LogP contribution in [-0.2, 0) is 4.79 Å². The van der Waals surface area contributed by atoms with Crippen LogP contribution in [0.15, 0.2) is 0 Å². The van der Waals surface area contributed by atoms with Gasteiger partial charge in [0.2, 0.25) is 0 Å². The summed E-state index contributed by atoms with van der Waals surface area (Å²) in [5, 5.41) is 11.7. The van der Waals surface area contributed by atoms with Crippen LogP contribution in [-0.4, -0.2) is 41.1 Å². The van der Waals surface area contributed by atoms with Gasteiger partial charge in [-0.05, 0) is 25.2 Å². The molecule has 1 atom stereocenters. The van der Waals surface area contributed by atoms with Gasteiger partial charge in [-0.1, -0.05) is 26.7 Å². The van der Waals surface area contributed by atoms with Crippen molar-refractivity contribution in [2.24, 2.45) is 5.41 Å². The number of hydrogen-bond donors (Lipinski definition) is 2. The zero-order chi connectivity index (χ0) is 13.8. The molecule has 0 heterocycles. The number of carbonyl (C=O) groups excluding carboxylic acids is 1. The lowest BCUT2D eigenvalue weighted by Gasteiger charge is -2.39. The Kier molecular flexibility index (Phi) is 4.99. The number of hydrogen-bond acceptors (Lipinski definition) is 2. The van der Waals surface area contributed by atoms with Crippen LogP contribution in [0.1, 0.15) is 46.5 Å². The molecule has 0 radical (unpaired) electrons. The molecule has 0 aromatic carbocycles. The van der Waals surface area contributed by atoms with Gasteiger partial charge in [0.25, 0.3) is 0 Å². The minimum Gasteiger partial charge on any atom is -0.480 e. The lowest BCUT2D eigenvalue weighted by Crippen LogP contribution is -2.52. The highest BCUT2D eigenvalue weighted by Crippen LogP contribution is 2.35. The highest BCUT2D eigenvalue weighted by molar-refractivity contribution is 5.80. The Hall–Kier alpha value is -1.26. The molecule has 2 amide bonds. The Labute approximate surface area is 109 Å². The molecule has 1 saturated carbocycles. The molecule has 5 nitrogen and oxygen atoms in total. The second-order valence-electron chi connectivity index (χ2n) is 5.64. The number of carbonyl (C=O) groups is 2. The van der Waals surface area contributed by atoms with Crippen LogP contribution in [0.25, 0.3) is 0 Å². The van der Waals surface area contributed by atoms with Crippen LogP contribution >= 0.6 is 0 Å². The van der Waals surface area contributed by atoms with Gasteiger partial charge in [0.05, 0.1) is 0 Å². The lowest BCUT2D eigenvalue weighted by molar-refractivity contribution is -0.137. The Morgan fingerprint density at radius 2 is 2.06 bits per heavy atom. The van der Waals surface area contributed by atoms with E-state index in [1.165, 1.54) is 11.3 Å². The van der Waals surface area contributed by atoms with E-state index in [4.69, 9.17) is 5.11 Å². The third-order valence-corrected chi connectivity index (χ3v) is 3.80. The molecule has 104 valence electrons. The molecule has 5 heteroatoms. The zero-order valence-corrected chi connectivity index (χ0v) is 11.5. The van der Waals surface area contributed by atoms with E-state index in [1.54, 1.807) is 6.92 Å². The molecule has 1 aliphatic carbocycles. The van der Waals surface area contributed by atoms with E-state index >= 15 is 0 Å². The fraction of sp³-hybridized carbons (Fsp3) is 0.846. The molecule has 0 aliphatic heterocycles. The van der Waals surface area contributed by atoms with Crippen LogP contribution in [0.3, 0.4) is 0 Å². The van der Waals surface area contributed by atoms with E-state index in [1.807, 2.05) is 0 Å². The van der Waals surface area contributed by atoms with Crippen molar-refractivity contribution in [2.75, 3.05) is 13.1 Å². The van der Waals surface area contributed by atoms with Crippen LogP contribution in [0, 0.1) is 5.41 Å². The van der Waals surface area contributed by atoms with E-state index < -0.39 is 5.97 Å². The van der Waals surface area contributed by atoms with Crippen LogP contribution in [0.4, 0.5) is 4.79 Å². The fourth-order valence-corrected chi connectivity index (χ4v) is 2.49. The van der Waals surface area contributed by atoms with Crippen molar-refractivity contribution >= 4 is 12.0 Å². The summed E-state index contributed by atoms with van der Waals surface area (Å²) in [7, 11) is 0. The number of urea groups is 1. The van der Waals surface area contributed by atoms with E-state index in [2.05, 4.69) is 19.2 Å². The number of carboxylic acids is 1. The molecule has 18 heavy (non-hydrogen) atoms. The number of nitrogens with zero attached hydrogens (tertiary/aromatic N) is 1. The summed E-state index contributed by atoms with van der Waals surface area (Å²) in [4.78, 5) is 24.0. The number of amides is 2. The first-order chi connectivity index (χ1) is 8.36. The molecule has 0 spiro atoms. The van der Waals surface area contributed by atoms with Gasteiger partial charge in [-0.3, -0.25) is 4.79 Å². The van der Waals surface area contributed by atoms with Crippen molar-refractivity contribution in [3.05, 3.63) is 0 Å². The van der Waals surface area contributed by atoms with E-state index in [0.29, 0.717) is 6.54 Å². The van der Waals surface area contributed by atoms with E-state index in [0.717, 1.165) is 19.3 Å². The topological polar surface area (TPSA) is 69.6 Å². The molecule has 1 rings (SSSR count). The average molecular weight is 256 g/mol. The molecule has 0 aromatic heterocycles. The van der Waals surface area contributed by atoms with Crippen molar-refractivity contribution in [3.63, 3.8) is 0 Å². The Morgan fingerprint density at radius 1 is 1.39 bits per heavy atom. The summed E-state index contributed by atoms with van der Waals surface area (Å²) < 4.78 is 0. The number of likely N-dealkylation sites (N-methyl/N-ethyl adjacent to an activating group) is 1. The van der Waals surface area contributed by atoms with Gasteiger partial charge < -0.3 is 15.3 Å². The summed E-state index contributed by atoms with van der Waals surface area (Å²) in [6.45, 7) is 6.27. The summed E-state index contributed by atoms with van der Waals surface area (Å²) in [5.74, 6) is -0.977. The monoisotopic (exact) mass is 256 g/mol. The molecule has 2 N–H and O–H groups in total. The molecule has 1 fully saturated rings. The van der Waals surface area contributed by atoms with Crippen LogP contribution in [0.5, 0.6) is 0 Å². The molecular weight excluding hydrogens is 232 g/mol. The Bertz CT molecular complexity index is 315. The molecule has 0 bridgehead atoms. The Morgan fingerprint density at radius 3 is 2.56 bits per heavy atom. The van der Waals surface area contributed by atoms with Crippen molar-refractivity contribution < 1.29 is 14.7 Å². The molecule has 1 aliphatic rings. The SMILES string of the molecule is CCN(CC(=O)O)C(=O)NC1CCCCC1(C)C. The maximum absolute atomic E-state index is 12.0. The van der Waals surface area contributed by atoms with Crippen molar-refractivity contribution in [1.82, 2.24) is 10.2 Å². The summed E-state index contributed by atoms with van der Waals surface area (Å²) >= 11 is 0. The third-order valence-electron chi connectivity index (χ3n) is 3.80. The predicted octanol–water partition coefficient (Wildman–Crippen LogP) is 2.07. The standard InChI is InChI=1S/C13H24N2O3/c1-4-15(9-11(16)17)12(18)14-10-7-5-6-8-13(10,2)3/h10H,4-9H2,1-3H3,(H,14,18)(H,16,17). The zero-order valence-electron chi connectivity index (χ0n) is 11.5. The highest BCUT2D eigenvalue weighted by Gasteiger charge is 2.34. The van der Waals surface area contributed by atoms with Gasteiger partial charge >= 0.3 is 12.0 Å². The summed E-state index contributed by atoms with van der Waals surface area (Å²) in [6, 6.07) is -0.124. The second-order valence-corrected chi connectivity index (χ2v) is 5.64. The molecule has 0 aromatic rings. The lowest BCUT2D eigenvalue weighted by atomic mass is 9.73. The molecule has 0 saturated heterocycles. The van der Waals surface area contributed by atoms with E-state index in [9.17, 15) is 9.59 Å². The summed E-state index contributed by atoms with van der Waals surface area (Å²) in [5.41, 5.74) is 0.0938. The Balaban J connectivity index is 2.59. The first kappa shape index (κ1) is 14.8. The van der Waals surface area contributed by atoms with Crippen molar-refractivity contribution in [3.8, 4) is 0 Å². The first-order valence-corrected chi connectivity index (χ1v) is 6.64. The van der Waals surface area contributed by atoms with Gasteiger partial charge in [0, 0.05) is 12.6 Å². The van der Waals surface area contributed by atoms with Crippen LogP contribution in [0.2, 0.25) is 0 Å². The van der Waals surface area contributed by atoms with Crippen LogP contribution < -0.4 is 5.32 Å². The van der Waals surface area contributed by atoms with Gasteiger partial charge in [-0.15, -0.1) is 0 Å². The smallest absolute Gasteiger partial charge is 0.323 e. The second kappa shape index (κ2) is 6.07. The minimum atomic E-state index is -0.977. The first-order valence-electron chi connectivity index (χ1n) is 6.64. The third kappa shape index (κ3) is 3.89. The number of nitrogens with one attached hydrogen (secondary N) is 1. The van der Waals surface area contributed by atoms with Gasteiger partial charge in [-0.25, -0.2) is 4.79 Å². The number of aliphatic carboxylic acids is 1. The number of rotatable bonds is 4. The quantitative estimate of drug-likeness (QED) is 0.809. The normalized spacial score (nSPS) is 22.3. The van der Waals surface area contributed by atoms with Gasteiger partial charge in [0.15, 0.2) is 0 Å². The maximum Gasteiger partial charge on any atom is 0.323 e. The predicted molar refractivity (Wildman–Crippen MR) is 69.5 cm³/mol. The average Bonchev–Trinajstić information content (AvgIpc) is 2.28. The van der Waals surface area contributed by atoms with Gasteiger partial charge in [0.1, 0.15) is 6.54 Å². The van der Waals surface area contributed by atoms with Gasteiger partial charge in [-0.2, -0.15) is 0 Å². The highest BCUT2D eigenvalue weighted by atomic mass is 16.4. The van der Waals surface area contributed by atoms with E-state index in [-0.39, 0.29) is 24.0 Å². The summed E-state index contributed by atoms with van der Waals surface area (Å²) in [6.07, 6.45) is 4.40. The number of carboxylic acid groups (broad SMARTS) is 1. The largest absolute Gasteiger partial charge is 0.480 e.